The van der Waals surface area contributed by atoms with Crippen molar-refractivity contribution in [3.8, 4) is 11.5 Å². The van der Waals surface area contributed by atoms with E-state index in [-0.39, 0.29) is 22.3 Å². The average Bonchev–Trinajstić information content (AvgIpc) is 3.05. The first-order valence-corrected chi connectivity index (χ1v) is 8.32. The smallest absolute Gasteiger partial charge is 0.416 e. The van der Waals surface area contributed by atoms with Crippen molar-refractivity contribution in [2.75, 3.05) is 5.32 Å². The zero-order chi connectivity index (χ0) is 21.3. The second kappa shape index (κ2) is 7.66. The highest BCUT2D eigenvalue weighted by atomic mass is 35.5. The molecule has 1 N–H and O–H groups in total. The molecule has 0 aliphatic heterocycles. The van der Waals surface area contributed by atoms with Gasteiger partial charge >= 0.3 is 11.9 Å². The Labute approximate surface area is 165 Å². The molecule has 29 heavy (non-hydrogen) atoms. The fourth-order valence-electron chi connectivity index (χ4n) is 2.60. The number of aromatic nitrogens is 2. The van der Waals surface area contributed by atoms with Crippen LogP contribution in [0.4, 0.5) is 29.1 Å². The van der Waals surface area contributed by atoms with Crippen LogP contribution in [-0.4, -0.2) is 14.9 Å². The normalized spacial score (nSPS) is 11.5. The molecule has 0 saturated carbocycles. The topological polar surface area (TPSA) is 94.1 Å². The maximum atomic E-state index is 13.2. The Morgan fingerprint density at radius 3 is 2.55 bits per heavy atom. The molecule has 0 bridgehead atoms. The van der Waals surface area contributed by atoms with E-state index >= 15 is 0 Å². The number of halogens is 5. The molecule has 2 heterocycles. The van der Waals surface area contributed by atoms with Gasteiger partial charge in [0.05, 0.1) is 10.5 Å². The Balaban J connectivity index is 2.03. The lowest BCUT2D eigenvalue weighted by atomic mass is 10.1. The molecule has 0 fully saturated rings. The molecule has 0 saturated heterocycles. The Morgan fingerprint density at radius 2 is 1.97 bits per heavy atom. The van der Waals surface area contributed by atoms with Gasteiger partial charge in [-0.3, -0.25) is 10.1 Å². The van der Waals surface area contributed by atoms with Crippen molar-refractivity contribution in [1.29, 1.82) is 0 Å². The van der Waals surface area contributed by atoms with Crippen molar-refractivity contribution < 1.29 is 26.9 Å². The third-order valence-electron chi connectivity index (χ3n) is 3.84. The third kappa shape index (κ3) is 4.45. The minimum Gasteiger partial charge on any atom is -0.459 e. The van der Waals surface area contributed by atoms with E-state index in [0.29, 0.717) is 11.8 Å². The second-order valence-corrected chi connectivity index (χ2v) is 6.20. The van der Waals surface area contributed by atoms with Gasteiger partial charge in [0.15, 0.2) is 11.5 Å². The summed E-state index contributed by atoms with van der Waals surface area (Å²) in [5, 5.41) is 13.7. The van der Waals surface area contributed by atoms with Crippen LogP contribution >= 0.6 is 11.6 Å². The lowest BCUT2D eigenvalue weighted by molar-refractivity contribution is -0.383. The Morgan fingerprint density at radius 1 is 1.24 bits per heavy atom. The van der Waals surface area contributed by atoms with Gasteiger partial charge in [0, 0.05) is 6.54 Å². The number of nitrogens with one attached hydrogen (secondary N) is 1. The van der Waals surface area contributed by atoms with Crippen molar-refractivity contribution in [1.82, 2.24) is 9.97 Å². The van der Waals surface area contributed by atoms with Crippen LogP contribution in [0, 0.1) is 22.9 Å². The van der Waals surface area contributed by atoms with Gasteiger partial charge in [0.1, 0.15) is 11.6 Å². The van der Waals surface area contributed by atoms with Gasteiger partial charge in [-0.2, -0.15) is 18.2 Å². The fraction of sp³-hybridized carbons (Fsp3) is 0.176. The molecule has 12 heteroatoms. The van der Waals surface area contributed by atoms with Gasteiger partial charge in [0.25, 0.3) is 0 Å². The molecule has 0 radical (unpaired) electrons. The molecule has 3 rings (SSSR count). The number of hydrogen-bond donors (Lipinski definition) is 1. The summed E-state index contributed by atoms with van der Waals surface area (Å²) in [5.74, 6) is -0.969. The van der Waals surface area contributed by atoms with E-state index in [4.69, 9.17) is 16.0 Å². The SMILES string of the molecule is Cc1ccc(-c2nc(Cl)nc(NCc3ccc(F)cc3C(F)(F)F)c2[N+](=O)[O-])o1. The van der Waals surface area contributed by atoms with E-state index in [1.165, 1.54) is 6.07 Å². The lowest BCUT2D eigenvalue weighted by Gasteiger charge is -2.14. The number of benzene rings is 1. The summed E-state index contributed by atoms with van der Waals surface area (Å²) in [6, 6.07) is 5.11. The molecule has 0 spiro atoms. The summed E-state index contributed by atoms with van der Waals surface area (Å²) in [5.41, 5.74) is -2.41. The quantitative estimate of drug-likeness (QED) is 0.253. The Bertz CT molecular complexity index is 1090. The first kappa shape index (κ1) is 20.5. The minimum absolute atomic E-state index is 0.0410. The van der Waals surface area contributed by atoms with Gasteiger partial charge in [-0.15, -0.1) is 0 Å². The molecule has 0 aliphatic carbocycles. The first-order chi connectivity index (χ1) is 13.6. The number of nitrogens with zero attached hydrogens (tertiary/aromatic N) is 3. The van der Waals surface area contributed by atoms with Crippen LogP contribution in [0.2, 0.25) is 5.28 Å². The van der Waals surface area contributed by atoms with Gasteiger partial charge in [-0.25, -0.2) is 9.37 Å². The number of rotatable bonds is 5. The fourth-order valence-corrected chi connectivity index (χ4v) is 2.77. The monoisotopic (exact) mass is 430 g/mol. The number of furan rings is 1. The summed E-state index contributed by atoms with van der Waals surface area (Å²) in [7, 11) is 0. The average molecular weight is 431 g/mol. The van der Waals surface area contributed by atoms with Crippen LogP contribution in [0.15, 0.2) is 34.7 Å². The van der Waals surface area contributed by atoms with Crippen molar-refractivity contribution in [2.24, 2.45) is 0 Å². The molecular formula is C17H11ClF4N4O3. The number of alkyl halides is 3. The van der Waals surface area contributed by atoms with E-state index in [1.807, 2.05) is 0 Å². The van der Waals surface area contributed by atoms with E-state index < -0.39 is 40.5 Å². The molecule has 0 unspecified atom stereocenters. The highest BCUT2D eigenvalue weighted by molar-refractivity contribution is 6.28. The van der Waals surface area contributed by atoms with E-state index in [1.54, 1.807) is 13.0 Å². The molecule has 2 aromatic heterocycles. The minimum atomic E-state index is -4.81. The highest BCUT2D eigenvalue weighted by Crippen LogP contribution is 2.37. The van der Waals surface area contributed by atoms with Gasteiger partial charge in [0.2, 0.25) is 11.1 Å². The van der Waals surface area contributed by atoms with E-state index in [2.05, 4.69) is 15.3 Å². The predicted octanol–water partition coefficient (Wildman–Crippen LogP) is 5.38. The van der Waals surface area contributed by atoms with Crippen LogP contribution in [-0.2, 0) is 12.7 Å². The lowest BCUT2D eigenvalue weighted by Crippen LogP contribution is -2.14. The molecule has 7 nitrogen and oxygen atoms in total. The maximum absolute atomic E-state index is 13.2. The van der Waals surface area contributed by atoms with Crippen molar-refractivity contribution in [3.05, 3.63) is 68.4 Å². The van der Waals surface area contributed by atoms with Crippen LogP contribution < -0.4 is 5.32 Å². The summed E-state index contributed by atoms with van der Waals surface area (Å²) >= 11 is 5.83. The maximum Gasteiger partial charge on any atom is 0.416 e. The Hall–Kier alpha value is -3.21. The predicted molar refractivity (Wildman–Crippen MR) is 94.9 cm³/mol. The summed E-state index contributed by atoms with van der Waals surface area (Å²) in [6.07, 6.45) is -4.81. The highest BCUT2D eigenvalue weighted by Gasteiger charge is 2.34. The van der Waals surface area contributed by atoms with Crippen LogP contribution in [0.1, 0.15) is 16.9 Å². The van der Waals surface area contributed by atoms with Gasteiger partial charge in [-0.1, -0.05) is 6.07 Å². The van der Waals surface area contributed by atoms with Gasteiger partial charge in [-0.05, 0) is 48.4 Å². The molecule has 152 valence electrons. The van der Waals surface area contributed by atoms with Crippen LogP contribution in [0.25, 0.3) is 11.5 Å². The summed E-state index contributed by atoms with van der Waals surface area (Å²) < 4.78 is 58.0. The van der Waals surface area contributed by atoms with Crippen molar-refractivity contribution >= 4 is 23.1 Å². The molecule has 0 amide bonds. The largest absolute Gasteiger partial charge is 0.459 e. The van der Waals surface area contributed by atoms with Crippen LogP contribution in [0.5, 0.6) is 0 Å². The number of anilines is 1. The number of nitro groups is 1. The Kier molecular flexibility index (Phi) is 5.42. The van der Waals surface area contributed by atoms with E-state index in [0.717, 1.165) is 12.1 Å². The van der Waals surface area contributed by atoms with Crippen molar-refractivity contribution in [3.63, 3.8) is 0 Å². The molecule has 0 aliphatic rings. The molecule has 0 atom stereocenters. The second-order valence-electron chi connectivity index (χ2n) is 5.86. The number of aryl methyl sites for hydroxylation is 1. The van der Waals surface area contributed by atoms with E-state index in [9.17, 15) is 27.7 Å². The molecular weight excluding hydrogens is 420 g/mol. The van der Waals surface area contributed by atoms with Gasteiger partial charge < -0.3 is 9.73 Å². The zero-order valence-corrected chi connectivity index (χ0v) is 15.3. The van der Waals surface area contributed by atoms with Crippen molar-refractivity contribution in [2.45, 2.75) is 19.6 Å². The summed E-state index contributed by atoms with van der Waals surface area (Å²) in [4.78, 5) is 18.3. The van der Waals surface area contributed by atoms with Crippen LogP contribution in [0.3, 0.4) is 0 Å². The first-order valence-electron chi connectivity index (χ1n) is 7.94. The standard InChI is InChI=1S/C17H11ClF4N4O3/c1-8-2-5-12(29-8)13-14(26(27)28)15(25-16(18)24-13)23-7-9-3-4-10(19)6-11(9)17(20,21)22/h2-6H,7H2,1H3,(H,23,24,25). The molecule has 3 aromatic rings. The number of hydrogen-bond acceptors (Lipinski definition) is 6. The zero-order valence-electron chi connectivity index (χ0n) is 14.6. The third-order valence-corrected chi connectivity index (χ3v) is 4.01. The molecule has 1 aromatic carbocycles. The summed E-state index contributed by atoms with van der Waals surface area (Å²) in [6.45, 7) is 1.09.